The summed E-state index contributed by atoms with van der Waals surface area (Å²) in [5.41, 5.74) is 3.06. The van der Waals surface area contributed by atoms with Crippen LogP contribution in [-0.2, 0) is 46.4 Å². The quantitative estimate of drug-likeness (QED) is 0.118. The van der Waals surface area contributed by atoms with E-state index in [1.807, 2.05) is 0 Å². The van der Waals surface area contributed by atoms with Gasteiger partial charge in [-0.05, 0) is 24.3 Å². The van der Waals surface area contributed by atoms with Gasteiger partial charge in [0.15, 0.2) is 10.1 Å². The molecule has 16 heteroatoms. The fourth-order valence-electron chi connectivity index (χ4n) is 2.83. The van der Waals surface area contributed by atoms with E-state index in [1.165, 1.54) is 0 Å². The molecule has 0 aliphatic carbocycles. The van der Waals surface area contributed by atoms with Gasteiger partial charge in [-0.1, -0.05) is 71.8 Å². The monoisotopic (exact) mass is 775 g/mol. The second kappa shape index (κ2) is 14.3. The van der Waals surface area contributed by atoms with E-state index in [2.05, 4.69) is 4.72 Å². The molecule has 1 N–H and O–H groups in total. The molecule has 0 amide bonds. The number of nitrogens with zero attached hydrogens (tertiary/aromatic N) is 1. The van der Waals surface area contributed by atoms with E-state index in [1.54, 1.807) is 60.7 Å². The number of hydrogen-bond donors (Lipinski definition) is 0. The van der Waals surface area contributed by atoms with Crippen molar-refractivity contribution in [1.82, 2.24) is 0 Å². The second-order valence-corrected chi connectivity index (χ2v) is 10.2. The molecule has 39 heavy (non-hydrogen) atoms. The van der Waals surface area contributed by atoms with Crippen LogP contribution in [-0.4, -0.2) is 26.9 Å². The van der Waals surface area contributed by atoms with Crippen LogP contribution in [0.25, 0.3) is 10.5 Å². The first kappa shape index (κ1) is 36.7. The summed E-state index contributed by atoms with van der Waals surface area (Å²) in [6.07, 6.45) is -4.56. The van der Waals surface area contributed by atoms with Crippen molar-refractivity contribution in [1.29, 1.82) is 0 Å². The summed E-state index contributed by atoms with van der Waals surface area (Å²) >= 11 is 0. The maximum Gasteiger partial charge on any atom is 0.485 e. The normalized spacial score (nSPS) is 13.5. The Balaban J connectivity index is 0.00000126. The fourth-order valence-corrected chi connectivity index (χ4v) is 3.98. The zero-order valence-corrected chi connectivity index (χ0v) is 23.7. The summed E-state index contributed by atoms with van der Waals surface area (Å²) < 4.78 is 127. The number of hydrogen-bond acceptors (Lipinski definition) is 5. The van der Waals surface area contributed by atoms with E-state index in [0.717, 1.165) is 12.1 Å². The molecule has 3 aromatic rings. The largest absolute Gasteiger partial charge is 0.741 e. The Morgan fingerprint density at radius 3 is 1.46 bits per heavy atom. The van der Waals surface area contributed by atoms with Crippen LogP contribution < -0.4 is 0 Å². The molecule has 0 aliphatic heterocycles. The Morgan fingerprint density at radius 2 is 1.10 bits per heavy atom. The summed E-state index contributed by atoms with van der Waals surface area (Å²) in [4.78, 5) is -0.355. The second-order valence-electron chi connectivity index (χ2n) is 7.25. The van der Waals surface area contributed by atoms with Gasteiger partial charge in [0.1, 0.15) is 10.0 Å². The van der Waals surface area contributed by atoms with Crippen molar-refractivity contribution in [2.24, 2.45) is 0 Å². The summed E-state index contributed by atoms with van der Waals surface area (Å²) in [5.74, 6) is 0. The van der Waals surface area contributed by atoms with Gasteiger partial charge < -0.3 is 22.4 Å². The van der Waals surface area contributed by atoms with Gasteiger partial charge in [-0.3, -0.25) is 0 Å². The molecule has 0 fully saturated rings. The fraction of sp³-hybridized carbons (Fsp3) is 0.174. The van der Waals surface area contributed by atoms with E-state index in [4.69, 9.17) is 18.7 Å². The molecule has 3 rings (SSSR count). The van der Waals surface area contributed by atoms with Crippen molar-refractivity contribution in [2.45, 2.75) is 28.7 Å². The number of halogens is 6. The topological polar surface area (TPSA) is 129 Å². The van der Waals surface area contributed by atoms with Gasteiger partial charge in [-0.2, -0.15) is 26.3 Å². The number of benzene rings is 3. The maximum absolute atomic E-state index is 12.8. The summed E-state index contributed by atoms with van der Waals surface area (Å²) in [6, 6.07) is 18.3. The standard InChI is InChI=1S/C21H17F3N2O2S.CHF3O3S.CH3.Ir/c22-21(23,24)17-11-13-18(14-12-17)29(27,28)26-20(16-9-5-2-6-10-16)19(25)15-7-3-1-4-8-15;2-1(3,4)8(5,6)7;;/h1-14,19-20,25H;(H,5,6,7);1H3;/q-2;;-1;/p-1/t19-,20-;;;/m0.../s1. The van der Waals surface area contributed by atoms with E-state index in [-0.39, 0.29) is 32.4 Å². The first-order chi connectivity index (χ1) is 16.9. The van der Waals surface area contributed by atoms with E-state index in [9.17, 15) is 34.8 Å². The average Bonchev–Trinajstić information content (AvgIpc) is 2.82. The number of sulfonamides is 1. The van der Waals surface area contributed by atoms with Crippen molar-refractivity contribution >= 4 is 20.1 Å². The van der Waals surface area contributed by atoms with Crippen molar-refractivity contribution < 1.29 is 67.8 Å². The molecule has 0 saturated carbocycles. The van der Waals surface area contributed by atoms with Gasteiger partial charge >= 0.3 is 11.7 Å². The van der Waals surface area contributed by atoms with Gasteiger partial charge in [-0.15, -0.1) is 12.1 Å². The Hall–Kier alpha value is -2.33. The average molecular weight is 775 g/mol. The van der Waals surface area contributed by atoms with Gasteiger partial charge in [0, 0.05) is 25.0 Å². The van der Waals surface area contributed by atoms with Crippen LogP contribution in [0.4, 0.5) is 26.3 Å². The zero-order valence-electron chi connectivity index (χ0n) is 19.6. The molecule has 0 aromatic heterocycles. The molecule has 7 nitrogen and oxygen atoms in total. The van der Waals surface area contributed by atoms with Gasteiger partial charge in [0.05, 0.1) is 5.56 Å². The van der Waals surface area contributed by atoms with Crippen LogP contribution in [0.3, 0.4) is 0 Å². The van der Waals surface area contributed by atoms with Crippen molar-refractivity contribution in [3.05, 3.63) is 120 Å². The Kier molecular flexibility index (Phi) is 13.5. The van der Waals surface area contributed by atoms with Crippen LogP contribution in [0, 0.1) is 7.43 Å². The molecule has 0 bridgehead atoms. The predicted octanol–water partition coefficient (Wildman–Crippen LogP) is 6.80. The predicted molar refractivity (Wildman–Crippen MR) is 127 cm³/mol. The number of alkyl halides is 6. The Bertz CT molecular complexity index is 1370. The Labute approximate surface area is 235 Å². The molecule has 0 aliphatic rings. The van der Waals surface area contributed by atoms with E-state index in [0.29, 0.717) is 23.3 Å². The molecule has 1 radical (unpaired) electrons. The smallest absolute Gasteiger partial charge is 0.485 e. The maximum atomic E-state index is 12.8. The minimum absolute atomic E-state index is 0. The minimum atomic E-state index is -6.09. The van der Waals surface area contributed by atoms with Crippen LogP contribution in [0.15, 0.2) is 89.8 Å². The third kappa shape index (κ3) is 10.6. The first-order valence-electron chi connectivity index (χ1n) is 9.91. The SMILES string of the molecule is O=S(=O)([O-])C(F)(F)F.[CH3-].[Ir].[NH-][C@@H](c1ccccc1)[C@@H]([N-]S(=O)(=O)c1ccc(C(F)(F)F)cc1)c1ccccc1. The molecule has 0 unspecified atom stereocenters. The summed E-state index contributed by atoms with van der Waals surface area (Å²) in [5, 5.41) is 0. The molecule has 0 saturated heterocycles. The van der Waals surface area contributed by atoms with Crippen molar-refractivity contribution in [3.63, 3.8) is 0 Å². The first-order valence-corrected chi connectivity index (χ1v) is 12.8. The third-order valence-corrected chi connectivity index (χ3v) is 6.57. The molecule has 219 valence electrons. The van der Waals surface area contributed by atoms with Crippen LogP contribution in [0.2, 0.25) is 0 Å². The summed E-state index contributed by atoms with van der Waals surface area (Å²) in [7, 11) is -10.4. The zero-order chi connectivity index (χ0) is 28.1. The molecular weight excluding hydrogens is 755 g/mol. The van der Waals surface area contributed by atoms with Crippen molar-refractivity contribution in [2.75, 3.05) is 0 Å². The van der Waals surface area contributed by atoms with Gasteiger partial charge in [0.25, 0.3) is 0 Å². The number of rotatable bonds is 6. The van der Waals surface area contributed by atoms with Crippen LogP contribution in [0.1, 0.15) is 28.8 Å². The number of nitrogens with one attached hydrogen (secondary N) is 1. The molecule has 0 spiro atoms. The molecule has 3 aromatic carbocycles. The van der Waals surface area contributed by atoms with E-state index < -0.39 is 49.5 Å². The molecular formula is C23H20F6IrN2O5S2-4. The van der Waals surface area contributed by atoms with Gasteiger partial charge in [-0.25, -0.2) is 16.8 Å². The van der Waals surface area contributed by atoms with Crippen LogP contribution in [0.5, 0.6) is 0 Å². The summed E-state index contributed by atoms with van der Waals surface area (Å²) in [6.45, 7) is 0. The Morgan fingerprint density at radius 1 is 0.718 bits per heavy atom. The molecule has 2 atom stereocenters. The van der Waals surface area contributed by atoms with Crippen molar-refractivity contribution in [3.8, 4) is 0 Å². The minimum Gasteiger partial charge on any atom is -0.741 e. The third-order valence-electron chi connectivity index (χ3n) is 4.63. The van der Waals surface area contributed by atoms with Gasteiger partial charge in [0.2, 0.25) is 0 Å². The van der Waals surface area contributed by atoms with E-state index >= 15 is 0 Å². The molecule has 0 heterocycles. The van der Waals surface area contributed by atoms with Crippen LogP contribution >= 0.6 is 0 Å².